The highest BCUT2D eigenvalue weighted by Crippen LogP contribution is 2.36. The minimum absolute atomic E-state index is 0.0362. The van der Waals surface area contributed by atoms with Crippen molar-refractivity contribution in [1.82, 2.24) is 14.5 Å². The number of fused-ring (bicyclic) bond motifs is 2. The molecule has 9 heteroatoms. The number of likely N-dealkylation sites (tertiary alicyclic amines) is 1. The van der Waals surface area contributed by atoms with Crippen molar-refractivity contribution in [3.8, 4) is 0 Å². The molecule has 2 aromatic carbocycles. The number of anilines is 1. The summed E-state index contributed by atoms with van der Waals surface area (Å²) in [5.41, 5.74) is 0.939. The maximum Gasteiger partial charge on any atom is 0.244 e. The van der Waals surface area contributed by atoms with Crippen LogP contribution in [0.25, 0.3) is 10.8 Å². The Labute approximate surface area is 194 Å². The summed E-state index contributed by atoms with van der Waals surface area (Å²) in [7, 11) is -0.0359. The maximum absolute atomic E-state index is 13.9. The number of carbonyl (C=O) groups excluding carboxylic acids is 2. The molecule has 0 aliphatic carbocycles. The van der Waals surface area contributed by atoms with Crippen molar-refractivity contribution in [3.05, 3.63) is 36.4 Å². The van der Waals surface area contributed by atoms with Crippen LogP contribution in [0.3, 0.4) is 0 Å². The zero-order chi connectivity index (χ0) is 23.5. The zero-order valence-corrected chi connectivity index (χ0v) is 20.0. The molecule has 0 spiro atoms. The number of nitrogens with one attached hydrogen (secondary N) is 1. The summed E-state index contributed by atoms with van der Waals surface area (Å²) in [6.07, 6.45) is 1.84. The first-order valence-electron chi connectivity index (χ1n) is 11.5. The van der Waals surface area contributed by atoms with Gasteiger partial charge in [-0.25, -0.2) is 8.42 Å². The highest BCUT2D eigenvalue weighted by molar-refractivity contribution is 7.89. The second-order valence-corrected chi connectivity index (χ2v) is 11.4. The van der Waals surface area contributed by atoms with Crippen molar-refractivity contribution in [2.45, 2.75) is 49.2 Å². The van der Waals surface area contributed by atoms with Crippen molar-refractivity contribution in [2.24, 2.45) is 5.92 Å². The number of hydrogen-bond acceptors (Lipinski definition) is 5. The maximum atomic E-state index is 13.9. The highest BCUT2D eigenvalue weighted by atomic mass is 32.2. The Morgan fingerprint density at radius 1 is 1.06 bits per heavy atom. The summed E-state index contributed by atoms with van der Waals surface area (Å²) < 4.78 is 29.1. The quantitative estimate of drug-likeness (QED) is 0.736. The van der Waals surface area contributed by atoms with Gasteiger partial charge in [-0.3, -0.25) is 9.59 Å². The molecule has 3 aliphatic rings. The first-order valence-corrected chi connectivity index (χ1v) is 13.0. The van der Waals surface area contributed by atoms with Gasteiger partial charge < -0.3 is 15.1 Å². The Balaban J connectivity index is 1.50. The third-order valence-electron chi connectivity index (χ3n) is 7.41. The van der Waals surface area contributed by atoms with E-state index in [1.807, 2.05) is 50.2 Å². The molecule has 3 fully saturated rings. The normalized spacial score (nSPS) is 27.7. The molecular formula is C24H30N4O4S. The summed E-state index contributed by atoms with van der Waals surface area (Å²) >= 11 is 0. The molecule has 0 bridgehead atoms. The van der Waals surface area contributed by atoms with Gasteiger partial charge in [-0.1, -0.05) is 31.2 Å². The summed E-state index contributed by atoms with van der Waals surface area (Å²) in [6, 6.07) is 9.99. The van der Waals surface area contributed by atoms with E-state index in [1.54, 1.807) is 17.0 Å². The lowest BCUT2D eigenvalue weighted by molar-refractivity contribution is -0.136. The van der Waals surface area contributed by atoms with Gasteiger partial charge in [-0.05, 0) is 31.4 Å². The van der Waals surface area contributed by atoms with E-state index < -0.39 is 16.1 Å². The molecule has 33 heavy (non-hydrogen) atoms. The molecule has 3 saturated heterocycles. The predicted octanol–water partition coefficient (Wildman–Crippen LogP) is 1.79. The van der Waals surface area contributed by atoms with E-state index in [2.05, 4.69) is 5.32 Å². The fourth-order valence-corrected chi connectivity index (χ4v) is 7.65. The van der Waals surface area contributed by atoms with E-state index >= 15 is 0 Å². The largest absolute Gasteiger partial charge is 0.377 e. The van der Waals surface area contributed by atoms with E-state index in [9.17, 15) is 18.0 Å². The van der Waals surface area contributed by atoms with Crippen molar-refractivity contribution in [1.29, 1.82) is 0 Å². The van der Waals surface area contributed by atoms with Crippen LogP contribution < -0.4 is 10.2 Å². The molecule has 176 valence electrons. The fraction of sp³-hybridized carbons (Fsp3) is 0.500. The number of nitrogens with zero attached hydrogens (tertiary/aromatic N) is 3. The van der Waals surface area contributed by atoms with E-state index in [4.69, 9.17) is 0 Å². The first-order chi connectivity index (χ1) is 15.7. The van der Waals surface area contributed by atoms with E-state index in [0.717, 1.165) is 11.1 Å². The molecule has 0 aromatic heterocycles. The van der Waals surface area contributed by atoms with Crippen LogP contribution in [0.1, 0.15) is 26.2 Å². The number of benzene rings is 2. The summed E-state index contributed by atoms with van der Waals surface area (Å²) in [6.45, 7) is 2.70. The Hall–Kier alpha value is -2.65. The monoisotopic (exact) mass is 470 g/mol. The number of rotatable bonds is 4. The zero-order valence-electron chi connectivity index (χ0n) is 19.2. The molecule has 5 rings (SSSR count). The second-order valence-electron chi connectivity index (χ2n) is 9.51. The van der Waals surface area contributed by atoms with Crippen LogP contribution in [0.4, 0.5) is 5.69 Å². The second kappa shape index (κ2) is 7.99. The van der Waals surface area contributed by atoms with Crippen molar-refractivity contribution >= 4 is 38.3 Å². The number of amides is 2. The molecule has 3 heterocycles. The van der Waals surface area contributed by atoms with Crippen LogP contribution in [0.15, 0.2) is 41.3 Å². The molecule has 4 atom stereocenters. The average molecular weight is 471 g/mol. The van der Waals surface area contributed by atoms with Crippen LogP contribution in [0.5, 0.6) is 0 Å². The molecule has 8 nitrogen and oxygen atoms in total. The molecule has 3 unspecified atom stereocenters. The Morgan fingerprint density at radius 2 is 1.79 bits per heavy atom. The van der Waals surface area contributed by atoms with Crippen LogP contribution >= 0.6 is 0 Å². The van der Waals surface area contributed by atoms with Gasteiger partial charge in [-0.15, -0.1) is 0 Å². The summed E-state index contributed by atoms with van der Waals surface area (Å²) in [5, 5.41) is 4.49. The number of hydrogen-bond donors (Lipinski definition) is 1. The lowest BCUT2D eigenvalue weighted by Crippen LogP contribution is -2.51. The Kier molecular flexibility index (Phi) is 5.36. The first kappa shape index (κ1) is 22.2. The van der Waals surface area contributed by atoms with Gasteiger partial charge in [0.25, 0.3) is 0 Å². The third-order valence-corrected chi connectivity index (χ3v) is 9.37. The average Bonchev–Trinajstić information content (AvgIpc) is 3.50. The van der Waals surface area contributed by atoms with Gasteiger partial charge in [0.15, 0.2) is 0 Å². The fourth-order valence-electron chi connectivity index (χ4n) is 5.79. The molecule has 0 saturated carbocycles. The molecule has 3 aliphatic heterocycles. The standard InChI is InChI=1S/C24H30N4O4S/c1-15-22-18(25-23(15)29)12-14-27(22)24(30)20-10-6-13-28(20)33(31,32)21-11-5-7-16-17(21)8-4-9-19(16)26(2)3/h4-5,7-9,11,15,18,20,22H,6,10,12-14H2,1-3H3,(H,25,29)/t15?,18?,20-,22?/m0/s1. The molecule has 2 aromatic rings. The lowest BCUT2D eigenvalue weighted by atomic mass is 10.0. The Morgan fingerprint density at radius 3 is 2.55 bits per heavy atom. The number of sulfonamides is 1. The Bertz CT molecular complexity index is 1230. The predicted molar refractivity (Wildman–Crippen MR) is 126 cm³/mol. The van der Waals surface area contributed by atoms with Crippen molar-refractivity contribution in [3.63, 3.8) is 0 Å². The SMILES string of the molecule is CC1C(=O)NC2CCN(C(=O)[C@@H]3CCCN3S(=O)(=O)c3cccc4c(N(C)C)cccc34)C21. The minimum Gasteiger partial charge on any atom is -0.377 e. The topological polar surface area (TPSA) is 90.0 Å². The van der Waals surface area contributed by atoms with Gasteiger partial charge in [-0.2, -0.15) is 4.31 Å². The van der Waals surface area contributed by atoms with Gasteiger partial charge in [0.05, 0.1) is 22.9 Å². The van der Waals surface area contributed by atoms with Crippen LogP contribution in [-0.2, 0) is 19.6 Å². The molecular weight excluding hydrogens is 440 g/mol. The van der Waals surface area contributed by atoms with Crippen LogP contribution in [0.2, 0.25) is 0 Å². The van der Waals surface area contributed by atoms with E-state index in [-0.39, 0.29) is 34.7 Å². The molecule has 1 N–H and O–H groups in total. The highest BCUT2D eigenvalue weighted by Gasteiger charge is 2.51. The van der Waals surface area contributed by atoms with Gasteiger partial charge in [0.1, 0.15) is 6.04 Å². The van der Waals surface area contributed by atoms with Gasteiger partial charge in [0.2, 0.25) is 21.8 Å². The summed E-state index contributed by atoms with van der Waals surface area (Å²) in [4.78, 5) is 29.7. The van der Waals surface area contributed by atoms with Crippen molar-refractivity contribution in [2.75, 3.05) is 32.1 Å². The van der Waals surface area contributed by atoms with Crippen LogP contribution in [0, 0.1) is 5.92 Å². The third kappa shape index (κ3) is 3.40. The molecule has 0 radical (unpaired) electrons. The smallest absolute Gasteiger partial charge is 0.244 e. The van der Waals surface area contributed by atoms with Crippen molar-refractivity contribution < 1.29 is 18.0 Å². The van der Waals surface area contributed by atoms with Gasteiger partial charge in [0, 0.05) is 43.6 Å². The summed E-state index contributed by atoms with van der Waals surface area (Å²) in [5.74, 6) is -0.498. The molecule has 2 amide bonds. The van der Waals surface area contributed by atoms with Crippen LogP contribution in [-0.4, -0.2) is 74.7 Å². The number of carbonyl (C=O) groups is 2. The lowest BCUT2D eigenvalue weighted by Gasteiger charge is -2.32. The minimum atomic E-state index is -3.89. The van der Waals surface area contributed by atoms with E-state index in [0.29, 0.717) is 37.7 Å². The van der Waals surface area contributed by atoms with E-state index in [1.165, 1.54) is 4.31 Å². The van der Waals surface area contributed by atoms with Gasteiger partial charge >= 0.3 is 0 Å².